The van der Waals surface area contributed by atoms with Crippen molar-refractivity contribution >= 4 is 0 Å². The maximum Gasteiger partial charge on any atom is 0.174 e. The predicted octanol–water partition coefficient (Wildman–Crippen LogP) is 1.42. The topological polar surface area (TPSA) is 54.5 Å². The summed E-state index contributed by atoms with van der Waals surface area (Å²) < 4.78 is 0. The molecule has 1 fully saturated rings. The standard InChI is InChI=1S/C8H14N4.H2/c1-6-3-2-4-7(6)5-8-9-11-12-10-8;/h6-7H,2-5H2,1H3,(H,9,10,11,12);1H/t6-,7-;/m0./s1. The minimum atomic E-state index is 0. The van der Waals surface area contributed by atoms with E-state index in [2.05, 4.69) is 27.5 Å². The quantitative estimate of drug-likeness (QED) is 0.726. The summed E-state index contributed by atoms with van der Waals surface area (Å²) in [4.78, 5) is 0. The van der Waals surface area contributed by atoms with E-state index in [0.29, 0.717) is 0 Å². The van der Waals surface area contributed by atoms with Gasteiger partial charge in [0, 0.05) is 7.85 Å². The fourth-order valence-electron chi connectivity index (χ4n) is 2.03. The highest BCUT2D eigenvalue weighted by Crippen LogP contribution is 2.32. The fourth-order valence-corrected chi connectivity index (χ4v) is 2.03. The van der Waals surface area contributed by atoms with Gasteiger partial charge in [-0.2, -0.15) is 5.21 Å². The van der Waals surface area contributed by atoms with Gasteiger partial charge < -0.3 is 0 Å². The molecule has 68 valence electrons. The van der Waals surface area contributed by atoms with Gasteiger partial charge in [0.2, 0.25) is 0 Å². The maximum absolute atomic E-state index is 3.97. The first-order valence-corrected chi connectivity index (χ1v) is 4.58. The summed E-state index contributed by atoms with van der Waals surface area (Å²) in [5, 5.41) is 14.0. The van der Waals surface area contributed by atoms with Crippen molar-refractivity contribution in [3.05, 3.63) is 5.82 Å². The third kappa shape index (κ3) is 1.47. The molecule has 2 atom stereocenters. The van der Waals surface area contributed by atoms with Crippen LogP contribution in [0.2, 0.25) is 0 Å². The first-order chi connectivity index (χ1) is 5.86. The molecule has 12 heavy (non-hydrogen) atoms. The van der Waals surface area contributed by atoms with E-state index in [4.69, 9.17) is 0 Å². The highest BCUT2D eigenvalue weighted by molar-refractivity contribution is 4.85. The van der Waals surface area contributed by atoms with Crippen LogP contribution in [0.3, 0.4) is 0 Å². The Morgan fingerprint density at radius 1 is 1.58 bits per heavy atom. The van der Waals surface area contributed by atoms with Gasteiger partial charge in [-0.15, -0.1) is 10.2 Å². The Bertz CT molecular complexity index is 236. The van der Waals surface area contributed by atoms with Crippen LogP contribution in [-0.2, 0) is 6.42 Å². The zero-order chi connectivity index (χ0) is 8.39. The molecule has 0 bridgehead atoms. The zero-order valence-corrected chi connectivity index (χ0v) is 7.32. The van der Waals surface area contributed by atoms with Gasteiger partial charge in [-0.25, -0.2) is 0 Å². The summed E-state index contributed by atoms with van der Waals surface area (Å²) >= 11 is 0. The van der Waals surface area contributed by atoms with E-state index in [1.54, 1.807) is 0 Å². The number of tetrazole rings is 1. The molecule has 1 aromatic heterocycles. The highest BCUT2D eigenvalue weighted by atomic mass is 15.5. The molecule has 4 nitrogen and oxygen atoms in total. The Labute approximate surface area is 73.2 Å². The van der Waals surface area contributed by atoms with Crippen LogP contribution in [0, 0.1) is 11.8 Å². The van der Waals surface area contributed by atoms with Crippen LogP contribution in [0.4, 0.5) is 0 Å². The number of rotatable bonds is 2. The van der Waals surface area contributed by atoms with Crippen LogP contribution in [0.15, 0.2) is 0 Å². The number of hydrogen-bond donors (Lipinski definition) is 1. The lowest BCUT2D eigenvalue weighted by Gasteiger charge is -2.11. The van der Waals surface area contributed by atoms with E-state index in [1.165, 1.54) is 19.3 Å². The second kappa shape index (κ2) is 3.21. The molecule has 0 saturated heterocycles. The van der Waals surface area contributed by atoms with Crippen LogP contribution in [0.5, 0.6) is 0 Å². The van der Waals surface area contributed by atoms with Crippen molar-refractivity contribution in [3.8, 4) is 0 Å². The van der Waals surface area contributed by atoms with Gasteiger partial charge in [0.15, 0.2) is 5.82 Å². The van der Waals surface area contributed by atoms with Crippen molar-refractivity contribution in [2.45, 2.75) is 32.6 Å². The van der Waals surface area contributed by atoms with Crippen LogP contribution < -0.4 is 0 Å². The molecule has 0 spiro atoms. The molecule has 1 aliphatic carbocycles. The van der Waals surface area contributed by atoms with E-state index in [9.17, 15) is 0 Å². The third-order valence-corrected chi connectivity index (χ3v) is 2.87. The van der Waals surface area contributed by atoms with Crippen LogP contribution >= 0.6 is 0 Å². The summed E-state index contributed by atoms with van der Waals surface area (Å²) in [5.41, 5.74) is 0. The molecule has 1 N–H and O–H groups in total. The summed E-state index contributed by atoms with van der Waals surface area (Å²) in [6, 6.07) is 0. The number of H-pyrrole nitrogens is 1. The summed E-state index contributed by atoms with van der Waals surface area (Å²) in [7, 11) is 0. The molecule has 1 saturated carbocycles. The first-order valence-electron chi connectivity index (χ1n) is 4.58. The lowest BCUT2D eigenvalue weighted by atomic mass is 9.94. The van der Waals surface area contributed by atoms with E-state index in [1.807, 2.05) is 0 Å². The van der Waals surface area contributed by atoms with Crippen molar-refractivity contribution in [1.29, 1.82) is 0 Å². The first kappa shape index (κ1) is 7.71. The average molecular weight is 168 g/mol. The molecule has 4 heteroatoms. The predicted molar refractivity (Wildman–Crippen MR) is 46.5 cm³/mol. The Morgan fingerprint density at radius 2 is 2.50 bits per heavy atom. The van der Waals surface area contributed by atoms with Gasteiger partial charge in [0.25, 0.3) is 0 Å². The Morgan fingerprint density at radius 3 is 3.08 bits per heavy atom. The number of hydrogen-bond acceptors (Lipinski definition) is 3. The normalized spacial score (nSPS) is 29.4. The van der Waals surface area contributed by atoms with Gasteiger partial charge in [0.05, 0.1) is 0 Å². The molecular weight excluding hydrogens is 152 g/mol. The molecule has 1 heterocycles. The molecule has 0 amide bonds. The maximum atomic E-state index is 3.97. The Kier molecular flexibility index (Phi) is 2.06. The van der Waals surface area contributed by atoms with Gasteiger partial charge in [-0.1, -0.05) is 25.0 Å². The fraction of sp³-hybridized carbons (Fsp3) is 0.875. The molecule has 0 radical (unpaired) electrons. The monoisotopic (exact) mass is 168 g/mol. The van der Waals surface area contributed by atoms with E-state index >= 15 is 0 Å². The smallest absolute Gasteiger partial charge is 0.174 e. The Balaban J connectivity index is 0.000000845. The van der Waals surface area contributed by atoms with E-state index in [-0.39, 0.29) is 1.43 Å². The molecule has 1 aromatic rings. The average Bonchev–Trinajstić information content (AvgIpc) is 2.65. The van der Waals surface area contributed by atoms with Crippen molar-refractivity contribution in [3.63, 3.8) is 0 Å². The third-order valence-electron chi connectivity index (χ3n) is 2.87. The minimum Gasteiger partial charge on any atom is -0.177 e. The second-order valence-corrected chi connectivity index (χ2v) is 3.70. The molecule has 2 rings (SSSR count). The largest absolute Gasteiger partial charge is 0.177 e. The van der Waals surface area contributed by atoms with Crippen molar-refractivity contribution in [1.82, 2.24) is 20.6 Å². The van der Waals surface area contributed by atoms with Crippen molar-refractivity contribution in [2.75, 3.05) is 0 Å². The SMILES string of the molecule is C[C@H]1CCC[C@H]1Cc1nn[nH]n1.[HH]. The van der Waals surface area contributed by atoms with Crippen molar-refractivity contribution in [2.24, 2.45) is 11.8 Å². The summed E-state index contributed by atoms with van der Waals surface area (Å²) in [5.74, 6) is 2.49. The Hall–Kier alpha value is -0.930. The van der Waals surface area contributed by atoms with Crippen LogP contribution in [0.1, 0.15) is 33.4 Å². The van der Waals surface area contributed by atoms with E-state index < -0.39 is 0 Å². The van der Waals surface area contributed by atoms with Gasteiger partial charge in [-0.3, -0.25) is 0 Å². The number of nitrogens with one attached hydrogen (secondary N) is 1. The van der Waals surface area contributed by atoms with Gasteiger partial charge >= 0.3 is 0 Å². The molecular formula is C8H16N4. The molecule has 0 aromatic carbocycles. The number of nitrogens with zero attached hydrogens (tertiary/aromatic N) is 3. The number of aromatic nitrogens is 4. The van der Waals surface area contributed by atoms with Gasteiger partial charge in [-0.05, 0) is 18.3 Å². The summed E-state index contributed by atoms with van der Waals surface area (Å²) in [6.07, 6.45) is 5.06. The lowest BCUT2D eigenvalue weighted by molar-refractivity contribution is 0.409. The van der Waals surface area contributed by atoms with Crippen LogP contribution in [-0.4, -0.2) is 20.6 Å². The van der Waals surface area contributed by atoms with Crippen LogP contribution in [0.25, 0.3) is 0 Å². The number of aromatic amines is 1. The zero-order valence-electron chi connectivity index (χ0n) is 7.32. The molecule has 0 aliphatic heterocycles. The lowest BCUT2D eigenvalue weighted by Crippen LogP contribution is -2.08. The molecule has 1 aliphatic rings. The minimum absolute atomic E-state index is 0. The van der Waals surface area contributed by atoms with E-state index in [0.717, 1.165) is 24.1 Å². The highest BCUT2D eigenvalue weighted by Gasteiger charge is 2.24. The van der Waals surface area contributed by atoms with Gasteiger partial charge in [0.1, 0.15) is 0 Å². The molecule has 0 unspecified atom stereocenters. The summed E-state index contributed by atoms with van der Waals surface area (Å²) in [6.45, 7) is 2.32. The second-order valence-electron chi connectivity index (χ2n) is 3.70. The van der Waals surface area contributed by atoms with Crippen molar-refractivity contribution < 1.29 is 1.43 Å².